The molecule has 19 heavy (non-hydrogen) atoms. The molecule has 0 bridgehead atoms. The molecule has 2 aromatic carbocycles. The van der Waals surface area contributed by atoms with Crippen LogP contribution < -0.4 is 5.73 Å². The molecule has 0 aliphatic rings. The second kappa shape index (κ2) is 4.40. The Bertz CT molecular complexity index is 783. The number of imidazole rings is 1. The largest absolute Gasteiger partial charge is 0.397 e. The summed E-state index contributed by atoms with van der Waals surface area (Å²) in [7, 11) is 0. The summed E-state index contributed by atoms with van der Waals surface area (Å²) < 4.78 is 13.4. The van der Waals surface area contributed by atoms with Gasteiger partial charge >= 0.3 is 0 Å². The van der Waals surface area contributed by atoms with Crippen molar-refractivity contribution in [1.29, 1.82) is 0 Å². The van der Waals surface area contributed by atoms with E-state index in [9.17, 15) is 4.39 Å². The van der Waals surface area contributed by atoms with Crippen LogP contribution in [-0.2, 0) is 0 Å². The minimum Gasteiger partial charge on any atom is -0.397 e. The van der Waals surface area contributed by atoms with E-state index in [0.29, 0.717) is 33.1 Å². The number of aromatic amines is 1. The summed E-state index contributed by atoms with van der Waals surface area (Å²) in [5, 5.41) is 0.588. The van der Waals surface area contributed by atoms with Crippen molar-refractivity contribution < 1.29 is 4.39 Å². The number of halogens is 3. The van der Waals surface area contributed by atoms with Gasteiger partial charge < -0.3 is 10.7 Å². The van der Waals surface area contributed by atoms with E-state index in [1.165, 1.54) is 12.1 Å². The lowest BCUT2D eigenvalue weighted by Crippen LogP contribution is -1.86. The average Bonchev–Trinajstić information content (AvgIpc) is 2.76. The highest BCUT2D eigenvalue weighted by molar-refractivity contribution is 6.31. The van der Waals surface area contributed by atoms with Crippen LogP contribution in [0, 0.1) is 5.82 Å². The van der Waals surface area contributed by atoms with Gasteiger partial charge in [0.2, 0.25) is 0 Å². The first-order valence-corrected chi connectivity index (χ1v) is 6.20. The lowest BCUT2D eigenvalue weighted by Gasteiger charge is -1.98. The number of hydrogen-bond acceptors (Lipinski definition) is 2. The topological polar surface area (TPSA) is 54.7 Å². The number of nitrogens with zero attached hydrogens (tertiary/aromatic N) is 1. The normalized spacial score (nSPS) is 11.1. The molecule has 0 spiro atoms. The molecular weight excluding hydrogens is 288 g/mol. The molecule has 0 atom stereocenters. The summed E-state index contributed by atoms with van der Waals surface area (Å²) in [5.74, 6) is 0.0187. The average molecular weight is 296 g/mol. The summed E-state index contributed by atoms with van der Waals surface area (Å²) in [5.41, 5.74) is 8.21. The molecule has 3 N–H and O–H groups in total. The number of nitrogens with one attached hydrogen (secondary N) is 1. The molecule has 0 aliphatic carbocycles. The number of nitrogen functional groups attached to an aromatic ring is 1. The van der Waals surface area contributed by atoms with Crippen LogP contribution in [0.4, 0.5) is 10.1 Å². The van der Waals surface area contributed by atoms with Crippen molar-refractivity contribution in [3.63, 3.8) is 0 Å². The third kappa shape index (κ3) is 2.13. The Morgan fingerprint density at radius 3 is 2.68 bits per heavy atom. The van der Waals surface area contributed by atoms with Gasteiger partial charge in [-0.2, -0.15) is 0 Å². The molecular formula is C13H8Cl2FN3. The van der Waals surface area contributed by atoms with E-state index in [1.54, 1.807) is 18.2 Å². The van der Waals surface area contributed by atoms with Gasteiger partial charge in [-0.15, -0.1) is 0 Å². The maximum atomic E-state index is 13.4. The first-order valence-electron chi connectivity index (χ1n) is 5.45. The molecule has 0 aliphatic heterocycles. The maximum Gasteiger partial charge on any atom is 0.142 e. The number of benzene rings is 2. The number of aromatic nitrogens is 2. The Labute approximate surface area is 118 Å². The fourth-order valence-electron chi connectivity index (χ4n) is 1.89. The molecule has 0 saturated carbocycles. The van der Waals surface area contributed by atoms with Crippen LogP contribution in [0.5, 0.6) is 0 Å². The van der Waals surface area contributed by atoms with Crippen LogP contribution in [0.15, 0.2) is 30.3 Å². The molecule has 0 saturated heterocycles. The van der Waals surface area contributed by atoms with Crippen LogP contribution >= 0.6 is 23.2 Å². The Morgan fingerprint density at radius 1 is 1.16 bits per heavy atom. The van der Waals surface area contributed by atoms with E-state index >= 15 is 0 Å². The van der Waals surface area contributed by atoms with Crippen molar-refractivity contribution in [1.82, 2.24) is 9.97 Å². The summed E-state index contributed by atoms with van der Waals surface area (Å²) in [6, 6.07) is 7.82. The minimum atomic E-state index is -0.495. The maximum absolute atomic E-state index is 13.4. The number of nitrogens with two attached hydrogens (primary N) is 1. The number of fused-ring (bicyclic) bond motifs is 1. The molecule has 6 heteroatoms. The highest BCUT2D eigenvalue weighted by Gasteiger charge is 2.10. The summed E-state index contributed by atoms with van der Waals surface area (Å²) in [4.78, 5) is 7.40. The Hall–Kier alpha value is -1.78. The molecule has 0 unspecified atom stereocenters. The van der Waals surface area contributed by atoms with Crippen molar-refractivity contribution >= 4 is 39.9 Å². The summed E-state index contributed by atoms with van der Waals surface area (Å²) in [6.45, 7) is 0. The molecule has 0 amide bonds. The minimum absolute atomic E-state index is 0.0717. The van der Waals surface area contributed by atoms with Crippen molar-refractivity contribution in [2.75, 3.05) is 5.73 Å². The van der Waals surface area contributed by atoms with Gasteiger partial charge in [0.25, 0.3) is 0 Å². The molecule has 3 nitrogen and oxygen atoms in total. The van der Waals surface area contributed by atoms with Crippen LogP contribution in [0.3, 0.4) is 0 Å². The van der Waals surface area contributed by atoms with Crippen LogP contribution in [0.25, 0.3) is 22.4 Å². The Morgan fingerprint density at radius 2 is 1.95 bits per heavy atom. The molecule has 3 rings (SSSR count). The first-order chi connectivity index (χ1) is 9.04. The number of anilines is 1. The van der Waals surface area contributed by atoms with E-state index < -0.39 is 5.82 Å². The van der Waals surface area contributed by atoms with Gasteiger partial charge in [0.05, 0.1) is 16.2 Å². The van der Waals surface area contributed by atoms with Crippen LogP contribution in [-0.4, -0.2) is 9.97 Å². The van der Waals surface area contributed by atoms with Gasteiger partial charge in [0.15, 0.2) is 0 Å². The second-order valence-corrected chi connectivity index (χ2v) is 4.95. The molecule has 3 aromatic rings. The summed E-state index contributed by atoms with van der Waals surface area (Å²) in [6.07, 6.45) is 0. The Kier molecular flexibility index (Phi) is 2.84. The lowest BCUT2D eigenvalue weighted by molar-refractivity contribution is 0.628. The van der Waals surface area contributed by atoms with Crippen LogP contribution in [0.2, 0.25) is 10.0 Å². The first kappa shape index (κ1) is 12.3. The van der Waals surface area contributed by atoms with Crippen molar-refractivity contribution in [3.05, 3.63) is 46.2 Å². The molecule has 96 valence electrons. The SMILES string of the molecule is Nc1cc(Cl)cc2[nH]c(-c3ccc(Cl)c(F)c3)nc12. The predicted molar refractivity (Wildman–Crippen MR) is 75.9 cm³/mol. The highest BCUT2D eigenvalue weighted by atomic mass is 35.5. The van der Waals surface area contributed by atoms with Gasteiger partial charge in [-0.25, -0.2) is 9.37 Å². The van der Waals surface area contributed by atoms with Gasteiger partial charge in [0, 0.05) is 10.6 Å². The fraction of sp³-hybridized carbons (Fsp3) is 0. The zero-order valence-corrected chi connectivity index (χ0v) is 11.1. The molecule has 1 aromatic heterocycles. The number of rotatable bonds is 1. The monoisotopic (exact) mass is 295 g/mol. The standard InChI is InChI=1S/C13H8Cl2FN3/c14-7-4-10(17)12-11(5-7)18-13(19-12)6-1-2-8(15)9(16)3-6/h1-5H,17H2,(H,18,19). The van der Waals surface area contributed by atoms with E-state index in [4.69, 9.17) is 28.9 Å². The molecule has 0 radical (unpaired) electrons. The second-order valence-electron chi connectivity index (χ2n) is 4.11. The van der Waals surface area contributed by atoms with E-state index in [-0.39, 0.29) is 5.02 Å². The van der Waals surface area contributed by atoms with Gasteiger partial charge in [-0.1, -0.05) is 23.2 Å². The van der Waals surface area contributed by atoms with Crippen molar-refractivity contribution in [2.24, 2.45) is 0 Å². The van der Waals surface area contributed by atoms with Gasteiger partial charge in [-0.05, 0) is 30.3 Å². The van der Waals surface area contributed by atoms with E-state index in [0.717, 1.165) is 0 Å². The zero-order valence-electron chi connectivity index (χ0n) is 9.55. The lowest BCUT2D eigenvalue weighted by atomic mass is 10.2. The molecule has 1 heterocycles. The van der Waals surface area contributed by atoms with Crippen molar-refractivity contribution in [3.8, 4) is 11.4 Å². The zero-order chi connectivity index (χ0) is 13.6. The Balaban J connectivity index is 2.20. The third-order valence-electron chi connectivity index (χ3n) is 2.77. The predicted octanol–water partition coefficient (Wildman–Crippen LogP) is 4.26. The number of H-pyrrole nitrogens is 1. The van der Waals surface area contributed by atoms with E-state index in [2.05, 4.69) is 9.97 Å². The molecule has 0 fully saturated rings. The van der Waals surface area contributed by atoms with Crippen molar-refractivity contribution in [2.45, 2.75) is 0 Å². The van der Waals surface area contributed by atoms with Crippen LogP contribution in [0.1, 0.15) is 0 Å². The van der Waals surface area contributed by atoms with E-state index in [1.807, 2.05) is 0 Å². The fourth-order valence-corrected chi connectivity index (χ4v) is 2.23. The number of hydrogen-bond donors (Lipinski definition) is 2. The van der Waals surface area contributed by atoms with Gasteiger partial charge in [-0.3, -0.25) is 0 Å². The highest BCUT2D eigenvalue weighted by Crippen LogP contribution is 2.28. The smallest absolute Gasteiger partial charge is 0.142 e. The quantitative estimate of drug-likeness (QED) is 0.659. The van der Waals surface area contributed by atoms with Gasteiger partial charge in [0.1, 0.15) is 17.2 Å². The summed E-state index contributed by atoms with van der Waals surface area (Å²) >= 11 is 11.6. The third-order valence-corrected chi connectivity index (χ3v) is 3.30.